The van der Waals surface area contributed by atoms with Crippen molar-refractivity contribution in [2.24, 2.45) is 5.92 Å². The van der Waals surface area contributed by atoms with Crippen molar-refractivity contribution >= 4 is 40.0 Å². The quantitative estimate of drug-likeness (QED) is 0.681. The molecule has 1 saturated heterocycles. The van der Waals surface area contributed by atoms with Gasteiger partial charge in [-0.1, -0.05) is 35.4 Å². The normalized spacial score (nSPS) is 16.7. The zero-order chi connectivity index (χ0) is 19.7. The summed E-state index contributed by atoms with van der Waals surface area (Å²) in [6.45, 7) is 3.12. The highest BCUT2D eigenvalue weighted by Gasteiger charge is 2.34. The fraction of sp³-hybridized carbons (Fsp3) is 0.273. The predicted octanol–water partition coefficient (Wildman–Crippen LogP) is 4.16. The molecule has 0 bridgehead atoms. The molecule has 4 rings (SSSR count). The standard InChI is InChI=1S/C22H22ClN3O2/c1-14-6-7-19-17(10-14)15(12-24-19)8-9-26-13-16(11-21(26)27)22(28)25-20-5-3-2-4-18(20)23/h2-7,10,12,16,24H,8-9,11,13H2,1H3,(H,25,28)/t16-/m0/s1. The monoisotopic (exact) mass is 395 g/mol. The van der Waals surface area contributed by atoms with Crippen LogP contribution in [-0.4, -0.2) is 34.8 Å². The van der Waals surface area contributed by atoms with E-state index in [9.17, 15) is 9.59 Å². The number of nitrogens with one attached hydrogen (secondary N) is 2. The summed E-state index contributed by atoms with van der Waals surface area (Å²) in [5.74, 6) is -0.490. The number of para-hydroxylation sites is 1. The summed E-state index contributed by atoms with van der Waals surface area (Å²) >= 11 is 6.10. The Kier molecular flexibility index (Phi) is 5.09. The van der Waals surface area contributed by atoms with Crippen LogP contribution in [0.1, 0.15) is 17.5 Å². The van der Waals surface area contributed by atoms with Gasteiger partial charge < -0.3 is 15.2 Å². The van der Waals surface area contributed by atoms with Gasteiger partial charge in [-0.25, -0.2) is 0 Å². The molecule has 2 N–H and O–H groups in total. The summed E-state index contributed by atoms with van der Waals surface area (Å²) in [5.41, 5.74) is 4.08. The van der Waals surface area contributed by atoms with Crippen molar-refractivity contribution in [1.82, 2.24) is 9.88 Å². The number of benzene rings is 2. The number of aromatic amines is 1. The van der Waals surface area contributed by atoms with Gasteiger partial charge in [0.25, 0.3) is 0 Å². The van der Waals surface area contributed by atoms with E-state index in [0.717, 1.165) is 11.9 Å². The molecule has 6 heteroatoms. The van der Waals surface area contributed by atoms with Crippen LogP contribution < -0.4 is 5.32 Å². The number of halogens is 1. The summed E-state index contributed by atoms with van der Waals surface area (Å²) in [6, 6.07) is 13.4. The van der Waals surface area contributed by atoms with Crippen LogP contribution in [0.25, 0.3) is 10.9 Å². The Morgan fingerprint density at radius 3 is 2.93 bits per heavy atom. The van der Waals surface area contributed by atoms with Crippen LogP contribution in [0.5, 0.6) is 0 Å². The van der Waals surface area contributed by atoms with Crippen LogP contribution in [0.3, 0.4) is 0 Å². The number of fused-ring (bicyclic) bond motifs is 1. The molecule has 1 fully saturated rings. The van der Waals surface area contributed by atoms with Crippen LogP contribution in [0, 0.1) is 12.8 Å². The van der Waals surface area contributed by atoms with Gasteiger partial charge in [0.15, 0.2) is 0 Å². The number of aromatic nitrogens is 1. The summed E-state index contributed by atoms with van der Waals surface area (Å²) < 4.78 is 0. The van der Waals surface area contributed by atoms with Crippen molar-refractivity contribution < 1.29 is 9.59 Å². The first-order chi connectivity index (χ1) is 13.5. The van der Waals surface area contributed by atoms with Gasteiger partial charge in [-0.05, 0) is 43.2 Å². The number of likely N-dealkylation sites (tertiary alicyclic amines) is 1. The predicted molar refractivity (Wildman–Crippen MR) is 112 cm³/mol. The van der Waals surface area contributed by atoms with E-state index in [1.165, 1.54) is 16.5 Å². The molecule has 1 aromatic heterocycles. The van der Waals surface area contributed by atoms with Gasteiger partial charge in [0, 0.05) is 36.6 Å². The maximum Gasteiger partial charge on any atom is 0.229 e. The van der Waals surface area contributed by atoms with Gasteiger partial charge >= 0.3 is 0 Å². The first-order valence-electron chi connectivity index (χ1n) is 9.41. The lowest BCUT2D eigenvalue weighted by atomic mass is 10.1. The third-order valence-corrected chi connectivity index (χ3v) is 5.62. The molecule has 0 spiro atoms. The van der Waals surface area contributed by atoms with Crippen LogP contribution >= 0.6 is 11.6 Å². The Hall–Kier alpha value is -2.79. The average molecular weight is 396 g/mol. The molecule has 0 radical (unpaired) electrons. The average Bonchev–Trinajstić information content (AvgIpc) is 3.25. The molecule has 2 amide bonds. The van der Waals surface area contributed by atoms with Gasteiger partial charge in [0.05, 0.1) is 16.6 Å². The first kappa shape index (κ1) is 18.6. The molecule has 28 heavy (non-hydrogen) atoms. The fourth-order valence-electron chi connectivity index (χ4n) is 3.72. The van der Waals surface area contributed by atoms with Crippen molar-refractivity contribution in [3.05, 3.63) is 64.8 Å². The SMILES string of the molecule is Cc1ccc2[nH]cc(CCN3C[C@@H](C(=O)Nc4ccccc4Cl)CC3=O)c2c1. The zero-order valence-corrected chi connectivity index (χ0v) is 16.4. The number of carbonyl (C=O) groups excluding carboxylic acids is 2. The maximum atomic E-state index is 12.5. The maximum absolute atomic E-state index is 12.5. The molecule has 144 valence electrons. The van der Waals surface area contributed by atoms with E-state index in [4.69, 9.17) is 11.6 Å². The van der Waals surface area contributed by atoms with Crippen LogP contribution in [-0.2, 0) is 16.0 Å². The van der Waals surface area contributed by atoms with Gasteiger partial charge in [0.1, 0.15) is 0 Å². The molecule has 2 heterocycles. The lowest BCUT2D eigenvalue weighted by molar-refractivity contribution is -0.128. The lowest BCUT2D eigenvalue weighted by Crippen LogP contribution is -2.30. The largest absolute Gasteiger partial charge is 0.361 e. The lowest BCUT2D eigenvalue weighted by Gasteiger charge is -2.16. The molecule has 1 atom stereocenters. The number of H-pyrrole nitrogens is 1. The van der Waals surface area contributed by atoms with Crippen molar-refractivity contribution in [1.29, 1.82) is 0 Å². The molecule has 0 unspecified atom stereocenters. The Bertz CT molecular complexity index is 1040. The summed E-state index contributed by atoms with van der Waals surface area (Å²) in [5, 5.41) is 4.52. The summed E-state index contributed by atoms with van der Waals surface area (Å²) in [7, 11) is 0. The number of aryl methyl sites for hydroxylation is 1. The molecule has 1 aliphatic rings. The van der Waals surface area contributed by atoms with Gasteiger partial charge in [-0.3, -0.25) is 9.59 Å². The zero-order valence-electron chi connectivity index (χ0n) is 15.7. The minimum atomic E-state index is -0.353. The Labute approximate surface area is 168 Å². The van der Waals surface area contributed by atoms with E-state index < -0.39 is 0 Å². The third-order valence-electron chi connectivity index (χ3n) is 5.29. The highest BCUT2D eigenvalue weighted by molar-refractivity contribution is 6.33. The van der Waals surface area contributed by atoms with E-state index in [2.05, 4.69) is 35.4 Å². The van der Waals surface area contributed by atoms with Crippen LogP contribution in [0.2, 0.25) is 5.02 Å². The van der Waals surface area contributed by atoms with Gasteiger partial charge in [-0.15, -0.1) is 0 Å². The van der Waals surface area contributed by atoms with E-state index >= 15 is 0 Å². The molecule has 3 aromatic rings. The third kappa shape index (κ3) is 3.76. The highest BCUT2D eigenvalue weighted by Crippen LogP contribution is 2.25. The molecule has 0 aliphatic carbocycles. The highest BCUT2D eigenvalue weighted by atomic mass is 35.5. The van der Waals surface area contributed by atoms with E-state index in [1.54, 1.807) is 17.0 Å². The molecular weight excluding hydrogens is 374 g/mol. The minimum absolute atomic E-state index is 0.0235. The molecule has 5 nitrogen and oxygen atoms in total. The van der Waals surface area contributed by atoms with E-state index in [0.29, 0.717) is 23.8 Å². The van der Waals surface area contributed by atoms with Gasteiger partial charge in [-0.2, -0.15) is 0 Å². The number of hydrogen-bond acceptors (Lipinski definition) is 2. The number of carbonyl (C=O) groups is 2. The number of anilines is 1. The number of rotatable bonds is 5. The van der Waals surface area contributed by atoms with E-state index in [1.807, 2.05) is 18.3 Å². The van der Waals surface area contributed by atoms with Crippen molar-refractivity contribution in [2.75, 3.05) is 18.4 Å². The summed E-state index contributed by atoms with van der Waals surface area (Å²) in [6.07, 6.45) is 3.00. The Balaban J connectivity index is 1.38. The fourth-order valence-corrected chi connectivity index (χ4v) is 3.90. The van der Waals surface area contributed by atoms with Crippen LogP contribution in [0.15, 0.2) is 48.7 Å². The minimum Gasteiger partial charge on any atom is -0.361 e. The molecule has 2 aromatic carbocycles. The second-order valence-corrected chi connectivity index (χ2v) is 7.73. The molecule has 0 saturated carbocycles. The second kappa shape index (κ2) is 7.68. The second-order valence-electron chi connectivity index (χ2n) is 7.32. The Morgan fingerprint density at radius 2 is 2.11 bits per heavy atom. The smallest absolute Gasteiger partial charge is 0.229 e. The molecular formula is C22H22ClN3O2. The van der Waals surface area contributed by atoms with E-state index in [-0.39, 0.29) is 24.2 Å². The topological polar surface area (TPSA) is 65.2 Å². The number of nitrogens with zero attached hydrogens (tertiary/aromatic N) is 1. The molecule has 1 aliphatic heterocycles. The van der Waals surface area contributed by atoms with Crippen molar-refractivity contribution in [2.45, 2.75) is 19.8 Å². The van der Waals surface area contributed by atoms with Crippen molar-refractivity contribution in [3.63, 3.8) is 0 Å². The Morgan fingerprint density at radius 1 is 1.29 bits per heavy atom. The number of hydrogen-bond donors (Lipinski definition) is 2. The van der Waals surface area contributed by atoms with Gasteiger partial charge in [0.2, 0.25) is 11.8 Å². The van der Waals surface area contributed by atoms with Crippen molar-refractivity contribution in [3.8, 4) is 0 Å². The summed E-state index contributed by atoms with van der Waals surface area (Å²) in [4.78, 5) is 30.0. The first-order valence-corrected chi connectivity index (χ1v) is 9.79. The van der Waals surface area contributed by atoms with Crippen LogP contribution in [0.4, 0.5) is 5.69 Å². The number of amides is 2.